The molecule has 134 valence electrons. The van der Waals surface area contributed by atoms with E-state index in [9.17, 15) is 4.79 Å². The van der Waals surface area contributed by atoms with E-state index in [0.29, 0.717) is 29.8 Å². The van der Waals surface area contributed by atoms with Crippen LogP contribution in [0.3, 0.4) is 0 Å². The van der Waals surface area contributed by atoms with Crippen LogP contribution in [0.2, 0.25) is 0 Å². The molecule has 1 aliphatic rings. The lowest BCUT2D eigenvalue weighted by Crippen LogP contribution is -2.36. The molecule has 1 unspecified atom stereocenters. The third-order valence-corrected chi connectivity index (χ3v) is 4.53. The molecule has 0 bridgehead atoms. The topological polar surface area (TPSA) is 106 Å². The monoisotopic (exact) mass is 344 g/mol. The van der Waals surface area contributed by atoms with Crippen molar-refractivity contribution in [1.82, 2.24) is 30.9 Å². The predicted octanol–water partition coefficient (Wildman–Crippen LogP) is 1.97. The molecule has 3 rings (SSSR count). The summed E-state index contributed by atoms with van der Waals surface area (Å²) in [7, 11) is 0. The van der Waals surface area contributed by atoms with Crippen LogP contribution in [0.5, 0.6) is 5.75 Å². The highest BCUT2D eigenvalue weighted by atomic mass is 16.5. The molecule has 1 fully saturated rings. The Morgan fingerprint density at radius 2 is 2.20 bits per heavy atom. The number of hydrogen-bond donors (Lipinski definition) is 2. The van der Waals surface area contributed by atoms with Crippen LogP contribution in [0.1, 0.15) is 56.6 Å². The second-order valence-corrected chi connectivity index (χ2v) is 6.31. The van der Waals surface area contributed by atoms with Crippen LogP contribution in [0.15, 0.2) is 18.3 Å². The number of pyridine rings is 1. The summed E-state index contributed by atoms with van der Waals surface area (Å²) in [5, 5.41) is 17.4. The number of nitrogens with one attached hydrogen (secondary N) is 2. The van der Waals surface area contributed by atoms with Crippen LogP contribution < -0.4 is 10.1 Å². The zero-order chi connectivity index (χ0) is 17.5. The summed E-state index contributed by atoms with van der Waals surface area (Å²) in [6, 6.07) is 3.44. The van der Waals surface area contributed by atoms with Gasteiger partial charge in [0.25, 0.3) is 0 Å². The van der Waals surface area contributed by atoms with Gasteiger partial charge in [0.05, 0.1) is 25.3 Å². The highest BCUT2D eigenvalue weighted by Gasteiger charge is 2.29. The van der Waals surface area contributed by atoms with Gasteiger partial charge in [-0.25, -0.2) is 0 Å². The lowest BCUT2D eigenvalue weighted by molar-refractivity contribution is -0.121. The van der Waals surface area contributed by atoms with Crippen LogP contribution in [-0.4, -0.2) is 38.1 Å². The molecular weight excluding hydrogens is 320 g/mol. The Labute approximate surface area is 146 Å². The summed E-state index contributed by atoms with van der Waals surface area (Å²) in [6.07, 6.45) is 7.60. The molecule has 0 aromatic carbocycles. The SMILES string of the molecule is CCOc1ccc(CC(=O)NC(c2nn[nH]n2)C2CCCCC2)nc1. The fourth-order valence-electron chi connectivity index (χ4n) is 3.32. The van der Waals surface area contributed by atoms with Gasteiger partial charge in [-0.15, -0.1) is 10.2 Å². The van der Waals surface area contributed by atoms with Crippen LogP contribution in [0, 0.1) is 5.92 Å². The van der Waals surface area contributed by atoms with E-state index in [1.54, 1.807) is 6.20 Å². The van der Waals surface area contributed by atoms with E-state index in [1.807, 2.05) is 19.1 Å². The van der Waals surface area contributed by atoms with E-state index in [-0.39, 0.29) is 18.4 Å². The molecule has 0 saturated heterocycles. The summed E-state index contributed by atoms with van der Waals surface area (Å²) < 4.78 is 5.37. The van der Waals surface area contributed by atoms with Gasteiger partial charge in [-0.3, -0.25) is 9.78 Å². The minimum absolute atomic E-state index is 0.0861. The van der Waals surface area contributed by atoms with Gasteiger partial charge in [0.15, 0.2) is 5.82 Å². The van der Waals surface area contributed by atoms with Crippen LogP contribution in [-0.2, 0) is 11.2 Å². The molecule has 2 aromatic rings. The molecule has 2 aromatic heterocycles. The average Bonchev–Trinajstić information content (AvgIpc) is 3.17. The number of amides is 1. The first-order valence-corrected chi connectivity index (χ1v) is 8.86. The highest BCUT2D eigenvalue weighted by Crippen LogP contribution is 2.32. The number of carbonyl (C=O) groups is 1. The lowest BCUT2D eigenvalue weighted by atomic mass is 9.83. The van der Waals surface area contributed by atoms with Crippen molar-refractivity contribution in [2.75, 3.05) is 6.61 Å². The number of ether oxygens (including phenoxy) is 1. The lowest BCUT2D eigenvalue weighted by Gasteiger charge is -2.28. The number of aromatic amines is 1. The largest absolute Gasteiger partial charge is 0.492 e. The molecule has 25 heavy (non-hydrogen) atoms. The average molecular weight is 344 g/mol. The first-order valence-electron chi connectivity index (χ1n) is 8.86. The highest BCUT2D eigenvalue weighted by molar-refractivity contribution is 5.78. The van der Waals surface area contributed by atoms with E-state index in [2.05, 4.69) is 30.9 Å². The summed E-state index contributed by atoms with van der Waals surface area (Å²) in [5.74, 6) is 1.53. The third kappa shape index (κ3) is 4.74. The molecule has 0 spiro atoms. The van der Waals surface area contributed by atoms with E-state index in [0.717, 1.165) is 12.8 Å². The third-order valence-electron chi connectivity index (χ3n) is 4.53. The number of rotatable bonds is 7. The zero-order valence-corrected chi connectivity index (χ0v) is 14.4. The fourth-order valence-corrected chi connectivity index (χ4v) is 3.32. The Balaban J connectivity index is 1.63. The van der Waals surface area contributed by atoms with Gasteiger partial charge >= 0.3 is 0 Å². The standard InChI is InChI=1S/C17H24N6O2/c1-2-25-14-9-8-13(18-11-14)10-15(24)19-16(17-20-22-23-21-17)12-6-4-3-5-7-12/h8-9,11-12,16H,2-7,10H2,1H3,(H,19,24)(H,20,21,22,23). The minimum Gasteiger partial charge on any atom is -0.492 e. The van der Waals surface area contributed by atoms with E-state index in [4.69, 9.17) is 4.74 Å². The van der Waals surface area contributed by atoms with Crippen molar-refractivity contribution in [2.24, 2.45) is 5.92 Å². The summed E-state index contributed by atoms with van der Waals surface area (Å²) in [5.41, 5.74) is 0.705. The molecule has 8 nitrogen and oxygen atoms in total. The molecule has 8 heteroatoms. The van der Waals surface area contributed by atoms with Crippen molar-refractivity contribution >= 4 is 5.91 Å². The van der Waals surface area contributed by atoms with E-state index < -0.39 is 0 Å². The first kappa shape index (κ1) is 17.3. The van der Waals surface area contributed by atoms with E-state index >= 15 is 0 Å². The molecule has 0 aliphatic heterocycles. The second-order valence-electron chi connectivity index (χ2n) is 6.31. The number of aromatic nitrogens is 5. The van der Waals surface area contributed by atoms with Crippen LogP contribution in [0.25, 0.3) is 0 Å². The van der Waals surface area contributed by atoms with Crippen molar-refractivity contribution in [1.29, 1.82) is 0 Å². The Morgan fingerprint density at radius 3 is 2.84 bits per heavy atom. The summed E-state index contributed by atoms with van der Waals surface area (Å²) >= 11 is 0. The van der Waals surface area contributed by atoms with Gasteiger partial charge in [-0.05, 0) is 37.8 Å². The molecule has 1 saturated carbocycles. The number of hydrogen-bond acceptors (Lipinski definition) is 6. The van der Waals surface area contributed by atoms with Gasteiger partial charge < -0.3 is 10.1 Å². The quantitative estimate of drug-likeness (QED) is 0.795. The molecule has 2 N–H and O–H groups in total. The van der Waals surface area contributed by atoms with Crippen molar-refractivity contribution < 1.29 is 9.53 Å². The van der Waals surface area contributed by atoms with Crippen molar-refractivity contribution in [2.45, 2.75) is 51.5 Å². The second kappa shape index (κ2) is 8.55. The Bertz CT molecular complexity index is 652. The van der Waals surface area contributed by atoms with Gasteiger partial charge in [0.1, 0.15) is 5.75 Å². The number of carbonyl (C=O) groups excluding carboxylic acids is 1. The van der Waals surface area contributed by atoms with Crippen LogP contribution in [0.4, 0.5) is 0 Å². The Hall–Kier alpha value is -2.51. The van der Waals surface area contributed by atoms with Gasteiger partial charge in [-0.2, -0.15) is 5.21 Å². The maximum absolute atomic E-state index is 12.5. The fraction of sp³-hybridized carbons (Fsp3) is 0.588. The maximum atomic E-state index is 12.5. The molecule has 1 aliphatic carbocycles. The first-order chi connectivity index (χ1) is 12.3. The van der Waals surface area contributed by atoms with E-state index in [1.165, 1.54) is 19.3 Å². The van der Waals surface area contributed by atoms with Gasteiger partial charge in [-0.1, -0.05) is 24.5 Å². The van der Waals surface area contributed by atoms with Gasteiger partial charge in [0, 0.05) is 5.69 Å². The predicted molar refractivity (Wildman–Crippen MR) is 90.7 cm³/mol. The molecular formula is C17H24N6O2. The molecule has 1 atom stereocenters. The minimum atomic E-state index is -0.200. The van der Waals surface area contributed by atoms with Crippen molar-refractivity contribution in [3.8, 4) is 5.75 Å². The van der Waals surface area contributed by atoms with Gasteiger partial charge in [0.2, 0.25) is 5.91 Å². The van der Waals surface area contributed by atoms with Crippen LogP contribution >= 0.6 is 0 Å². The molecule has 2 heterocycles. The smallest absolute Gasteiger partial charge is 0.226 e. The maximum Gasteiger partial charge on any atom is 0.226 e. The summed E-state index contributed by atoms with van der Waals surface area (Å²) in [6.45, 7) is 2.51. The van der Waals surface area contributed by atoms with Crippen molar-refractivity contribution in [3.05, 3.63) is 29.8 Å². The normalized spacial score (nSPS) is 16.4. The Morgan fingerprint density at radius 1 is 1.36 bits per heavy atom. The summed E-state index contributed by atoms with van der Waals surface area (Å²) in [4.78, 5) is 16.8. The number of nitrogens with zero attached hydrogens (tertiary/aromatic N) is 4. The molecule has 1 amide bonds. The van der Waals surface area contributed by atoms with Crippen molar-refractivity contribution in [3.63, 3.8) is 0 Å². The zero-order valence-electron chi connectivity index (χ0n) is 14.4. The number of H-pyrrole nitrogens is 1. The number of tetrazole rings is 1. The Kier molecular flexibility index (Phi) is 5.92. The molecule has 0 radical (unpaired) electrons.